The maximum Gasteiger partial charge on any atom is 0.573 e. The summed E-state index contributed by atoms with van der Waals surface area (Å²) in [5.74, 6) is -3.52. The smallest absolute Gasteiger partial charge is 0.406 e. The van der Waals surface area contributed by atoms with E-state index in [9.17, 15) is 26.7 Å². The molecule has 0 unspecified atom stereocenters. The number of nitrogens with zero attached hydrogens (tertiary/aromatic N) is 2. The molecule has 3 rings (SSSR count). The zero-order chi connectivity index (χ0) is 21.0. The maximum atomic E-state index is 12.8. The Labute approximate surface area is 165 Å². The first-order valence-corrected chi connectivity index (χ1v) is 9.11. The molecule has 1 heterocycles. The Morgan fingerprint density at radius 3 is 2.48 bits per heavy atom. The van der Waals surface area contributed by atoms with Gasteiger partial charge in [0.1, 0.15) is 12.3 Å². The number of carbonyl (C=O) groups is 1. The number of ether oxygens (including phenoxy) is 1. The number of hydrogen-bond donors (Lipinski definition) is 1. The third kappa shape index (κ3) is 5.83. The summed E-state index contributed by atoms with van der Waals surface area (Å²) in [6.07, 6.45) is -4.78. The fourth-order valence-electron chi connectivity index (χ4n) is 2.58. The van der Waals surface area contributed by atoms with E-state index in [1.165, 1.54) is 16.7 Å². The van der Waals surface area contributed by atoms with Crippen molar-refractivity contribution in [2.24, 2.45) is 0 Å². The van der Waals surface area contributed by atoms with Crippen molar-refractivity contribution < 1.29 is 31.5 Å². The van der Waals surface area contributed by atoms with Crippen molar-refractivity contribution in [3.8, 4) is 5.75 Å². The van der Waals surface area contributed by atoms with Crippen LogP contribution in [0.3, 0.4) is 0 Å². The summed E-state index contributed by atoms with van der Waals surface area (Å²) in [4.78, 5) is 16.4. The highest BCUT2D eigenvalue weighted by Crippen LogP contribution is 2.28. The fraction of sp³-hybridized carbons (Fsp3) is 0.222. The predicted octanol–water partition coefficient (Wildman–Crippen LogP) is 4.57. The number of halogens is 5. The van der Waals surface area contributed by atoms with Crippen LogP contribution in [-0.2, 0) is 17.9 Å². The molecule has 11 heteroatoms. The number of hydrogen-bond acceptors (Lipinski definition) is 4. The molecule has 0 aliphatic rings. The molecule has 0 aliphatic carbocycles. The van der Waals surface area contributed by atoms with Crippen LogP contribution in [0.15, 0.2) is 53.7 Å². The van der Waals surface area contributed by atoms with Gasteiger partial charge in [0, 0.05) is 6.54 Å². The number of thioether (sulfide) groups is 1. The van der Waals surface area contributed by atoms with Gasteiger partial charge in [0.25, 0.3) is 5.76 Å². The van der Waals surface area contributed by atoms with Crippen LogP contribution in [0.1, 0.15) is 5.56 Å². The Morgan fingerprint density at radius 2 is 1.83 bits per heavy atom. The van der Waals surface area contributed by atoms with Crippen molar-refractivity contribution in [3.05, 3.63) is 54.1 Å². The average molecular weight is 431 g/mol. The third-order valence-corrected chi connectivity index (χ3v) is 4.46. The lowest BCUT2D eigenvalue weighted by Crippen LogP contribution is -2.27. The molecule has 0 radical (unpaired) electrons. The molecule has 29 heavy (non-hydrogen) atoms. The van der Waals surface area contributed by atoms with E-state index in [0.717, 1.165) is 12.1 Å². The Bertz CT molecular complexity index is 989. The van der Waals surface area contributed by atoms with Crippen LogP contribution >= 0.6 is 11.8 Å². The summed E-state index contributed by atoms with van der Waals surface area (Å²) in [6, 6.07) is 11.8. The molecule has 0 bridgehead atoms. The number of aromatic nitrogens is 2. The first-order chi connectivity index (χ1) is 13.7. The van der Waals surface area contributed by atoms with Crippen LogP contribution in [0.25, 0.3) is 11.0 Å². The topological polar surface area (TPSA) is 56.2 Å². The second-order valence-electron chi connectivity index (χ2n) is 5.82. The molecule has 0 atom stereocenters. The number of carbonyl (C=O) groups excluding carboxylic acids is 1. The highest BCUT2D eigenvalue weighted by Gasteiger charge is 2.30. The molecule has 3 aromatic rings. The van der Waals surface area contributed by atoms with Crippen LogP contribution in [0, 0.1) is 0 Å². The van der Waals surface area contributed by atoms with Crippen molar-refractivity contribution in [3.63, 3.8) is 0 Å². The Kier molecular flexibility index (Phi) is 6.26. The fourth-order valence-corrected chi connectivity index (χ4v) is 3.19. The summed E-state index contributed by atoms with van der Waals surface area (Å²) < 4.78 is 67.3. The number of amides is 1. The van der Waals surface area contributed by atoms with Crippen molar-refractivity contribution in [1.82, 2.24) is 14.9 Å². The first kappa shape index (κ1) is 20.9. The van der Waals surface area contributed by atoms with Gasteiger partial charge in [-0.05, 0) is 41.6 Å². The van der Waals surface area contributed by atoms with Crippen LogP contribution in [0.2, 0.25) is 0 Å². The second kappa shape index (κ2) is 8.68. The minimum atomic E-state index is -4.78. The van der Waals surface area contributed by atoms with Crippen molar-refractivity contribution in [2.45, 2.75) is 30.4 Å². The SMILES string of the molecule is O=C(Cn1c(SC(F)F)nc2ccccc21)NCc1ccc(OC(F)(F)F)cc1. The monoisotopic (exact) mass is 431 g/mol. The number of fused-ring (bicyclic) bond motifs is 1. The zero-order valence-corrected chi connectivity index (χ0v) is 15.4. The van der Waals surface area contributed by atoms with E-state index in [-0.39, 0.29) is 35.8 Å². The standard InChI is InChI=1S/C18H14F5N3O2S/c19-16(20)29-17-25-13-3-1-2-4-14(13)26(17)10-15(27)24-9-11-5-7-12(8-6-11)28-18(21,22)23/h1-8,16H,9-10H2,(H,24,27). The summed E-state index contributed by atoms with van der Waals surface area (Å²) in [6.45, 7) is -0.181. The molecule has 1 aromatic heterocycles. The van der Waals surface area contributed by atoms with Crippen molar-refractivity contribution in [1.29, 1.82) is 0 Å². The van der Waals surface area contributed by atoms with Gasteiger partial charge < -0.3 is 14.6 Å². The predicted molar refractivity (Wildman–Crippen MR) is 96.6 cm³/mol. The van der Waals surface area contributed by atoms with Crippen LogP contribution in [-0.4, -0.2) is 27.6 Å². The van der Waals surface area contributed by atoms with Gasteiger partial charge in [-0.3, -0.25) is 4.79 Å². The molecule has 1 N–H and O–H groups in total. The Hall–Kier alpha value is -2.82. The highest BCUT2D eigenvalue weighted by molar-refractivity contribution is 7.99. The lowest BCUT2D eigenvalue weighted by molar-refractivity contribution is -0.274. The lowest BCUT2D eigenvalue weighted by Gasteiger charge is -2.11. The van der Waals surface area contributed by atoms with Crippen molar-refractivity contribution >= 4 is 28.7 Å². The van der Waals surface area contributed by atoms with Gasteiger partial charge in [-0.15, -0.1) is 13.2 Å². The van der Waals surface area contributed by atoms with E-state index in [1.54, 1.807) is 24.3 Å². The maximum absolute atomic E-state index is 12.8. The average Bonchev–Trinajstić information content (AvgIpc) is 2.96. The molecule has 0 fully saturated rings. The van der Waals surface area contributed by atoms with Crippen LogP contribution in [0.5, 0.6) is 5.75 Å². The summed E-state index contributed by atoms with van der Waals surface area (Å²) in [5, 5.41) is 2.62. The number of imidazole rings is 1. The molecule has 154 valence electrons. The molecule has 5 nitrogen and oxygen atoms in total. The van der Waals surface area contributed by atoms with Gasteiger partial charge >= 0.3 is 6.36 Å². The van der Waals surface area contributed by atoms with Gasteiger partial charge in [0.15, 0.2) is 5.16 Å². The normalized spacial score (nSPS) is 11.8. The third-order valence-electron chi connectivity index (χ3n) is 3.76. The van der Waals surface area contributed by atoms with Gasteiger partial charge in [-0.25, -0.2) is 4.98 Å². The van der Waals surface area contributed by atoms with E-state index in [4.69, 9.17) is 0 Å². The number of alkyl halides is 5. The summed E-state index contributed by atoms with van der Waals surface area (Å²) in [7, 11) is 0. The van der Waals surface area contributed by atoms with Gasteiger partial charge in [0.05, 0.1) is 11.0 Å². The lowest BCUT2D eigenvalue weighted by atomic mass is 10.2. The highest BCUT2D eigenvalue weighted by atomic mass is 32.2. The van der Waals surface area contributed by atoms with Gasteiger partial charge in [0.2, 0.25) is 5.91 Å². The number of rotatable bonds is 7. The quantitative estimate of drug-likeness (QED) is 0.440. The molecular formula is C18H14F5N3O2S. The Balaban J connectivity index is 1.65. The van der Waals surface area contributed by atoms with Crippen LogP contribution in [0.4, 0.5) is 22.0 Å². The zero-order valence-electron chi connectivity index (χ0n) is 14.6. The molecular weight excluding hydrogens is 417 g/mol. The number of para-hydroxylation sites is 2. The molecule has 1 amide bonds. The summed E-state index contributed by atoms with van der Waals surface area (Å²) >= 11 is 0.246. The van der Waals surface area contributed by atoms with E-state index in [0.29, 0.717) is 16.6 Å². The van der Waals surface area contributed by atoms with E-state index in [1.807, 2.05) is 0 Å². The van der Waals surface area contributed by atoms with E-state index >= 15 is 0 Å². The molecule has 0 saturated carbocycles. The number of benzene rings is 2. The second-order valence-corrected chi connectivity index (χ2v) is 6.77. The molecule has 2 aromatic carbocycles. The van der Waals surface area contributed by atoms with Gasteiger partial charge in [-0.1, -0.05) is 24.3 Å². The number of nitrogens with one attached hydrogen (secondary N) is 1. The minimum Gasteiger partial charge on any atom is -0.406 e. The molecule has 0 spiro atoms. The first-order valence-electron chi connectivity index (χ1n) is 8.23. The Morgan fingerprint density at radius 1 is 1.14 bits per heavy atom. The largest absolute Gasteiger partial charge is 0.573 e. The van der Waals surface area contributed by atoms with Crippen molar-refractivity contribution in [2.75, 3.05) is 0 Å². The van der Waals surface area contributed by atoms with Gasteiger partial charge in [-0.2, -0.15) is 8.78 Å². The van der Waals surface area contributed by atoms with E-state index in [2.05, 4.69) is 15.0 Å². The summed E-state index contributed by atoms with van der Waals surface area (Å²) in [5.41, 5.74) is 1.58. The molecule has 0 saturated heterocycles. The minimum absolute atomic E-state index is 0.0185. The van der Waals surface area contributed by atoms with E-state index < -0.39 is 18.0 Å². The van der Waals surface area contributed by atoms with Crippen LogP contribution < -0.4 is 10.1 Å². The molecule has 0 aliphatic heterocycles.